The first-order chi connectivity index (χ1) is 8.24. The highest BCUT2D eigenvalue weighted by atomic mass is 16.5. The molecule has 0 saturated heterocycles. The lowest BCUT2D eigenvalue weighted by molar-refractivity contribution is 0.107. The minimum Gasteiger partial charge on any atom is -0.372 e. The van der Waals surface area contributed by atoms with Crippen LogP contribution in [0.15, 0.2) is 48.5 Å². The summed E-state index contributed by atoms with van der Waals surface area (Å²) >= 11 is 0. The summed E-state index contributed by atoms with van der Waals surface area (Å²) in [6.07, 6.45) is 0. The Balaban J connectivity index is 1.85. The zero-order valence-electron chi connectivity index (χ0n) is 10.4. The fraction of sp³-hybridized carbons (Fsp3) is 0.250. The molecule has 0 radical (unpaired) electrons. The Morgan fingerprint density at radius 3 is 2.18 bits per heavy atom. The summed E-state index contributed by atoms with van der Waals surface area (Å²) in [5, 5.41) is 0. The lowest BCUT2D eigenvalue weighted by atomic mass is 10.1. The van der Waals surface area contributed by atoms with E-state index in [9.17, 15) is 0 Å². The molecular formula is C16H18O. The number of rotatable bonds is 4. The van der Waals surface area contributed by atoms with Crippen molar-refractivity contribution in [3.63, 3.8) is 0 Å². The van der Waals surface area contributed by atoms with E-state index in [-0.39, 0.29) is 0 Å². The third-order valence-corrected chi connectivity index (χ3v) is 2.74. The van der Waals surface area contributed by atoms with Crippen molar-refractivity contribution in [2.75, 3.05) is 0 Å². The van der Waals surface area contributed by atoms with Crippen molar-refractivity contribution in [2.24, 2.45) is 0 Å². The fourth-order valence-corrected chi connectivity index (χ4v) is 1.77. The molecule has 0 heterocycles. The van der Waals surface area contributed by atoms with E-state index >= 15 is 0 Å². The van der Waals surface area contributed by atoms with Crippen LogP contribution >= 0.6 is 0 Å². The fourth-order valence-electron chi connectivity index (χ4n) is 1.77. The van der Waals surface area contributed by atoms with Gasteiger partial charge in [0.05, 0.1) is 13.2 Å². The highest BCUT2D eigenvalue weighted by Gasteiger charge is 1.95. The molecule has 0 saturated carbocycles. The first-order valence-corrected chi connectivity index (χ1v) is 5.93. The minimum absolute atomic E-state index is 0.675. The summed E-state index contributed by atoms with van der Waals surface area (Å²) in [6.45, 7) is 5.55. The van der Waals surface area contributed by atoms with E-state index in [0.717, 1.165) is 0 Å². The third kappa shape index (κ3) is 3.72. The third-order valence-electron chi connectivity index (χ3n) is 2.74. The highest BCUT2D eigenvalue weighted by Crippen LogP contribution is 2.08. The van der Waals surface area contributed by atoms with Gasteiger partial charge < -0.3 is 4.74 Å². The Hall–Kier alpha value is -1.60. The molecular weight excluding hydrogens is 208 g/mol. The largest absolute Gasteiger partial charge is 0.372 e. The lowest BCUT2D eigenvalue weighted by Crippen LogP contribution is -1.94. The Bertz CT molecular complexity index is 471. The van der Waals surface area contributed by atoms with Crippen LogP contribution in [0.3, 0.4) is 0 Å². The van der Waals surface area contributed by atoms with Crippen molar-refractivity contribution in [1.29, 1.82) is 0 Å². The molecule has 0 aliphatic heterocycles. The van der Waals surface area contributed by atoms with Gasteiger partial charge in [-0.25, -0.2) is 0 Å². The second-order valence-corrected chi connectivity index (χ2v) is 4.47. The average Bonchev–Trinajstić information content (AvgIpc) is 2.32. The Morgan fingerprint density at radius 1 is 0.765 bits per heavy atom. The normalized spacial score (nSPS) is 10.5. The van der Waals surface area contributed by atoms with Gasteiger partial charge in [0.15, 0.2) is 0 Å². The molecule has 0 atom stereocenters. The van der Waals surface area contributed by atoms with Gasteiger partial charge in [-0.1, -0.05) is 59.7 Å². The van der Waals surface area contributed by atoms with E-state index in [4.69, 9.17) is 4.74 Å². The van der Waals surface area contributed by atoms with Gasteiger partial charge in [-0.15, -0.1) is 0 Å². The predicted molar refractivity (Wildman–Crippen MR) is 70.9 cm³/mol. The van der Waals surface area contributed by atoms with Crippen molar-refractivity contribution < 1.29 is 4.74 Å². The van der Waals surface area contributed by atoms with Gasteiger partial charge in [0.1, 0.15) is 0 Å². The van der Waals surface area contributed by atoms with Crippen LogP contribution < -0.4 is 0 Å². The van der Waals surface area contributed by atoms with E-state index in [1.807, 2.05) is 0 Å². The molecule has 2 aromatic carbocycles. The standard InChI is InChI=1S/C16H18O/c1-13-6-8-15(9-7-13)11-17-12-16-5-3-4-14(2)10-16/h3-10H,11-12H2,1-2H3. The molecule has 1 heteroatoms. The van der Waals surface area contributed by atoms with Gasteiger partial charge in [0.2, 0.25) is 0 Å². The van der Waals surface area contributed by atoms with Gasteiger partial charge in [0, 0.05) is 0 Å². The summed E-state index contributed by atoms with van der Waals surface area (Å²) in [4.78, 5) is 0. The molecule has 17 heavy (non-hydrogen) atoms. The second kappa shape index (κ2) is 5.65. The summed E-state index contributed by atoms with van der Waals surface area (Å²) in [5.41, 5.74) is 5.02. The molecule has 0 amide bonds. The summed E-state index contributed by atoms with van der Waals surface area (Å²) < 4.78 is 5.70. The van der Waals surface area contributed by atoms with Crippen LogP contribution in [0.4, 0.5) is 0 Å². The van der Waals surface area contributed by atoms with Gasteiger partial charge in [-0.2, -0.15) is 0 Å². The molecule has 0 aliphatic carbocycles. The zero-order chi connectivity index (χ0) is 12.1. The van der Waals surface area contributed by atoms with Crippen LogP contribution in [0.2, 0.25) is 0 Å². The topological polar surface area (TPSA) is 9.23 Å². The van der Waals surface area contributed by atoms with Crippen LogP contribution in [0.1, 0.15) is 22.3 Å². The molecule has 0 bridgehead atoms. The van der Waals surface area contributed by atoms with E-state index in [0.29, 0.717) is 13.2 Å². The molecule has 0 N–H and O–H groups in total. The maximum absolute atomic E-state index is 5.70. The van der Waals surface area contributed by atoms with Crippen LogP contribution in [0.25, 0.3) is 0 Å². The molecule has 88 valence electrons. The van der Waals surface area contributed by atoms with Crippen LogP contribution in [-0.2, 0) is 18.0 Å². The maximum atomic E-state index is 5.70. The molecule has 0 fully saturated rings. The van der Waals surface area contributed by atoms with Crippen molar-refractivity contribution in [3.8, 4) is 0 Å². The molecule has 0 spiro atoms. The van der Waals surface area contributed by atoms with Crippen molar-refractivity contribution in [3.05, 3.63) is 70.8 Å². The number of aryl methyl sites for hydroxylation is 2. The average molecular weight is 226 g/mol. The molecule has 2 rings (SSSR count). The summed E-state index contributed by atoms with van der Waals surface area (Å²) in [6, 6.07) is 16.9. The highest BCUT2D eigenvalue weighted by molar-refractivity contribution is 5.22. The van der Waals surface area contributed by atoms with Crippen molar-refractivity contribution >= 4 is 0 Å². The predicted octanol–water partition coefficient (Wildman–Crippen LogP) is 4.02. The summed E-state index contributed by atoms with van der Waals surface area (Å²) in [7, 11) is 0. The molecule has 0 aliphatic rings. The Morgan fingerprint density at radius 2 is 1.47 bits per heavy atom. The van der Waals surface area contributed by atoms with Crippen LogP contribution in [-0.4, -0.2) is 0 Å². The van der Waals surface area contributed by atoms with Crippen LogP contribution in [0.5, 0.6) is 0 Å². The number of hydrogen-bond donors (Lipinski definition) is 0. The SMILES string of the molecule is Cc1ccc(COCc2cccc(C)c2)cc1. The first kappa shape index (κ1) is 11.9. The molecule has 2 aromatic rings. The molecule has 0 aromatic heterocycles. The lowest BCUT2D eigenvalue weighted by Gasteiger charge is -2.05. The van der Waals surface area contributed by atoms with Crippen molar-refractivity contribution in [2.45, 2.75) is 27.1 Å². The minimum atomic E-state index is 0.675. The molecule has 1 nitrogen and oxygen atoms in total. The van der Waals surface area contributed by atoms with Gasteiger partial charge in [0.25, 0.3) is 0 Å². The van der Waals surface area contributed by atoms with Gasteiger partial charge >= 0.3 is 0 Å². The first-order valence-electron chi connectivity index (χ1n) is 5.93. The van der Waals surface area contributed by atoms with Gasteiger partial charge in [-0.05, 0) is 25.0 Å². The van der Waals surface area contributed by atoms with Crippen molar-refractivity contribution in [1.82, 2.24) is 0 Å². The van der Waals surface area contributed by atoms with Gasteiger partial charge in [-0.3, -0.25) is 0 Å². The monoisotopic (exact) mass is 226 g/mol. The number of hydrogen-bond acceptors (Lipinski definition) is 1. The second-order valence-electron chi connectivity index (χ2n) is 4.47. The maximum Gasteiger partial charge on any atom is 0.0721 e. The number of ether oxygens (including phenoxy) is 1. The summed E-state index contributed by atoms with van der Waals surface area (Å²) in [5.74, 6) is 0. The molecule has 0 unspecified atom stereocenters. The quantitative estimate of drug-likeness (QED) is 0.765. The van der Waals surface area contributed by atoms with E-state index in [1.165, 1.54) is 22.3 Å². The smallest absolute Gasteiger partial charge is 0.0721 e. The Labute approximate surface area is 103 Å². The van der Waals surface area contributed by atoms with E-state index in [2.05, 4.69) is 62.4 Å². The van der Waals surface area contributed by atoms with Crippen LogP contribution in [0, 0.1) is 13.8 Å². The number of benzene rings is 2. The van der Waals surface area contributed by atoms with E-state index < -0.39 is 0 Å². The Kier molecular flexibility index (Phi) is 3.94. The zero-order valence-corrected chi connectivity index (χ0v) is 10.4. The van der Waals surface area contributed by atoms with E-state index in [1.54, 1.807) is 0 Å².